The fraction of sp³-hybridized carbons (Fsp3) is 0.600. The lowest BCUT2D eigenvalue weighted by Crippen LogP contribution is -2.25. The van der Waals surface area contributed by atoms with Gasteiger partial charge in [-0.05, 0) is 25.0 Å². The van der Waals surface area contributed by atoms with E-state index in [-0.39, 0.29) is 6.29 Å². The summed E-state index contributed by atoms with van der Waals surface area (Å²) in [6, 6.07) is 8.05. The zero-order valence-corrected chi connectivity index (χ0v) is 14.5. The molecule has 128 valence electrons. The molecule has 23 heavy (non-hydrogen) atoms. The van der Waals surface area contributed by atoms with Crippen LogP contribution in [0.25, 0.3) is 0 Å². The summed E-state index contributed by atoms with van der Waals surface area (Å²) in [5.41, 5.74) is 1.06. The van der Waals surface area contributed by atoms with Crippen molar-refractivity contribution >= 4 is 0 Å². The van der Waals surface area contributed by atoms with Gasteiger partial charge in [-0.3, -0.25) is 0 Å². The third-order valence-corrected chi connectivity index (χ3v) is 3.97. The summed E-state index contributed by atoms with van der Waals surface area (Å²) in [5, 5.41) is 0. The van der Waals surface area contributed by atoms with Crippen LogP contribution < -0.4 is 4.74 Å². The summed E-state index contributed by atoms with van der Waals surface area (Å²) >= 11 is 0. The molecule has 3 nitrogen and oxygen atoms in total. The molecule has 0 amide bonds. The van der Waals surface area contributed by atoms with Crippen LogP contribution >= 0.6 is 0 Å². The Bertz CT molecular complexity index is 444. The number of hydrogen-bond donors (Lipinski definition) is 0. The van der Waals surface area contributed by atoms with E-state index in [9.17, 15) is 0 Å². The van der Waals surface area contributed by atoms with Gasteiger partial charge in [-0.15, -0.1) is 0 Å². The van der Waals surface area contributed by atoms with Crippen LogP contribution in [0.2, 0.25) is 0 Å². The van der Waals surface area contributed by atoms with Crippen molar-refractivity contribution in [3.05, 3.63) is 42.0 Å². The first-order chi connectivity index (χ1) is 11.3. The van der Waals surface area contributed by atoms with Gasteiger partial charge in [-0.25, -0.2) is 0 Å². The molecule has 0 unspecified atom stereocenters. The second-order valence-corrected chi connectivity index (χ2v) is 6.10. The quantitative estimate of drug-likeness (QED) is 0.458. The average Bonchev–Trinajstić information content (AvgIpc) is 2.60. The molecule has 0 spiro atoms. The molecule has 0 radical (unpaired) electrons. The van der Waals surface area contributed by atoms with Crippen molar-refractivity contribution in [1.29, 1.82) is 0 Å². The molecule has 2 rings (SSSR count). The predicted octanol–water partition coefficient (Wildman–Crippen LogP) is 5.27. The number of allylic oxidation sites excluding steroid dienone is 1. The van der Waals surface area contributed by atoms with Crippen molar-refractivity contribution in [2.45, 2.75) is 52.2 Å². The summed E-state index contributed by atoms with van der Waals surface area (Å²) in [6.07, 6.45) is 10.1. The monoisotopic (exact) mass is 318 g/mol. The number of ether oxygens (including phenoxy) is 3. The van der Waals surface area contributed by atoms with Crippen molar-refractivity contribution in [3.8, 4) is 5.75 Å². The van der Waals surface area contributed by atoms with E-state index in [0.29, 0.717) is 5.92 Å². The van der Waals surface area contributed by atoms with Gasteiger partial charge in [0.05, 0.1) is 19.8 Å². The van der Waals surface area contributed by atoms with Gasteiger partial charge in [0, 0.05) is 11.5 Å². The van der Waals surface area contributed by atoms with E-state index >= 15 is 0 Å². The summed E-state index contributed by atoms with van der Waals surface area (Å²) in [6.45, 7) is 6.60. The highest BCUT2D eigenvalue weighted by Gasteiger charge is 2.21. The van der Waals surface area contributed by atoms with E-state index in [1.165, 1.54) is 12.8 Å². The summed E-state index contributed by atoms with van der Waals surface area (Å²) < 4.78 is 17.4. The molecule has 0 atom stereocenters. The standard InChI is InChI=1S/C20H30O3/c1-3-5-7-8-9-17-15-22-20(23-16-17)18-10-12-19(13-11-18)21-14-6-4-2/h8-13,17,20H,3-7,14-16H2,1-2H3/b9-8+/t17-,20-. The Kier molecular flexibility index (Phi) is 8.19. The fourth-order valence-corrected chi connectivity index (χ4v) is 2.49. The first kappa shape index (κ1) is 18.0. The third-order valence-electron chi connectivity index (χ3n) is 3.97. The van der Waals surface area contributed by atoms with Gasteiger partial charge in [-0.2, -0.15) is 0 Å². The van der Waals surface area contributed by atoms with Crippen LogP contribution in [-0.4, -0.2) is 19.8 Å². The Balaban J connectivity index is 1.75. The van der Waals surface area contributed by atoms with Crippen LogP contribution in [0.1, 0.15) is 57.8 Å². The Morgan fingerprint density at radius 3 is 2.39 bits per heavy atom. The lowest BCUT2D eigenvalue weighted by atomic mass is 10.1. The normalized spacial score (nSPS) is 21.7. The smallest absolute Gasteiger partial charge is 0.183 e. The van der Waals surface area contributed by atoms with Gasteiger partial charge >= 0.3 is 0 Å². The van der Waals surface area contributed by atoms with Crippen molar-refractivity contribution in [2.24, 2.45) is 5.92 Å². The highest BCUT2D eigenvalue weighted by Crippen LogP contribution is 2.27. The SMILES string of the molecule is CCCC/C=C/[C@H]1CO[C@H](c2ccc(OCCCC)cc2)OC1. The van der Waals surface area contributed by atoms with Crippen LogP contribution in [0.15, 0.2) is 36.4 Å². The lowest BCUT2D eigenvalue weighted by molar-refractivity contribution is -0.197. The summed E-state index contributed by atoms with van der Waals surface area (Å²) in [4.78, 5) is 0. The molecule has 1 fully saturated rings. The van der Waals surface area contributed by atoms with Gasteiger partial charge in [0.15, 0.2) is 6.29 Å². The molecule has 0 aromatic heterocycles. The second kappa shape index (κ2) is 10.5. The topological polar surface area (TPSA) is 27.7 Å². The zero-order valence-electron chi connectivity index (χ0n) is 14.5. The molecule has 0 saturated carbocycles. The highest BCUT2D eigenvalue weighted by molar-refractivity contribution is 5.28. The third kappa shape index (κ3) is 6.36. The van der Waals surface area contributed by atoms with E-state index in [2.05, 4.69) is 26.0 Å². The minimum atomic E-state index is -0.250. The van der Waals surface area contributed by atoms with Crippen molar-refractivity contribution in [1.82, 2.24) is 0 Å². The van der Waals surface area contributed by atoms with E-state index in [0.717, 1.165) is 50.4 Å². The van der Waals surface area contributed by atoms with Crippen molar-refractivity contribution < 1.29 is 14.2 Å². The molecule has 0 aliphatic carbocycles. The van der Waals surface area contributed by atoms with Gasteiger partial charge in [0.2, 0.25) is 0 Å². The van der Waals surface area contributed by atoms with Gasteiger partial charge in [0.25, 0.3) is 0 Å². The Labute approximate surface area is 140 Å². The Morgan fingerprint density at radius 1 is 1.04 bits per heavy atom. The number of rotatable bonds is 9. The minimum Gasteiger partial charge on any atom is -0.494 e. The van der Waals surface area contributed by atoms with Crippen molar-refractivity contribution in [3.63, 3.8) is 0 Å². The van der Waals surface area contributed by atoms with E-state index < -0.39 is 0 Å². The molecule has 3 heteroatoms. The maximum atomic E-state index is 5.86. The van der Waals surface area contributed by atoms with Gasteiger partial charge < -0.3 is 14.2 Å². The molecule has 0 bridgehead atoms. The molecule has 1 heterocycles. The van der Waals surface area contributed by atoms with E-state index in [1.807, 2.05) is 24.3 Å². The molecule has 0 N–H and O–H groups in total. The zero-order chi connectivity index (χ0) is 16.3. The van der Waals surface area contributed by atoms with Crippen LogP contribution in [0.5, 0.6) is 5.75 Å². The first-order valence-electron chi connectivity index (χ1n) is 8.96. The fourth-order valence-electron chi connectivity index (χ4n) is 2.49. The number of benzene rings is 1. The molecular formula is C20H30O3. The van der Waals surface area contributed by atoms with Gasteiger partial charge in [-0.1, -0.05) is 57.4 Å². The minimum absolute atomic E-state index is 0.250. The number of unbranched alkanes of at least 4 members (excludes halogenated alkanes) is 3. The molecule has 1 aromatic rings. The molecule has 1 saturated heterocycles. The first-order valence-corrected chi connectivity index (χ1v) is 8.96. The lowest BCUT2D eigenvalue weighted by Gasteiger charge is -2.28. The maximum absolute atomic E-state index is 5.86. The largest absolute Gasteiger partial charge is 0.494 e. The predicted molar refractivity (Wildman–Crippen MR) is 93.6 cm³/mol. The van der Waals surface area contributed by atoms with E-state index in [1.54, 1.807) is 0 Å². The Hall–Kier alpha value is -1.32. The average molecular weight is 318 g/mol. The Morgan fingerprint density at radius 2 is 1.74 bits per heavy atom. The maximum Gasteiger partial charge on any atom is 0.183 e. The second-order valence-electron chi connectivity index (χ2n) is 6.10. The number of hydrogen-bond acceptors (Lipinski definition) is 3. The molecule has 1 aliphatic heterocycles. The van der Waals surface area contributed by atoms with E-state index in [4.69, 9.17) is 14.2 Å². The molecule has 1 aliphatic rings. The van der Waals surface area contributed by atoms with Crippen molar-refractivity contribution in [2.75, 3.05) is 19.8 Å². The summed E-state index contributed by atoms with van der Waals surface area (Å²) in [5.74, 6) is 1.29. The van der Waals surface area contributed by atoms with Crippen LogP contribution in [0.3, 0.4) is 0 Å². The van der Waals surface area contributed by atoms with Gasteiger partial charge in [0.1, 0.15) is 5.75 Å². The van der Waals surface area contributed by atoms with Crippen LogP contribution in [0.4, 0.5) is 0 Å². The van der Waals surface area contributed by atoms with Crippen LogP contribution in [0, 0.1) is 5.92 Å². The van der Waals surface area contributed by atoms with Crippen LogP contribution in [-0.2, 0) is 9.47 Å². The molecular weight excluding hydrogens is 288 g/mol. The summed E-state index contributed by atoms with van der Waals surface area (Å²) in [7, 11) is 0. The highest BCUT2D eigenvalue weighted by atomic mass is 16.7. The molecule has 1 aromatic carbocycles.